The van der Waals surface area contributed by atoms with Gasteiger partial charge >= 0.3 is 0 Å². The van der Waals surface area contributed by atoms with Gasteiger partial charge in [0.1, 0.15) is 0 Å². The van der Waals surface area contributed by atoms with Crippen LogP contribution in [0.25, 0.3) is 0 Å². The van der Waals surface area contributed by atoms with Crippen molar-refractivity contribution < 1.29 is 4.79 Å². The first-order valence-corrected chi connectivity index (χ1v) is 7.85. The Morgan fingerprint density at radius 1 is 1.20 bits per heavy atom. The molecular formula is C16H18ClNOS. The van der Waals surface area contributed by atoms with Crippen molar-refractivity contribution in [1.82, 2.24) is 5.32 Å². The van der Waals surface area contributed by atoms with E-state index in [0.717, 1.165) is 9.21 Å². The lowest BCUT2D eigenvalue weighted by Gasteiger charge is -2.15. The molecule has 20 heavy (non-hydrogen) atoms. The molecule has 1 heterocycles. The molecule has 0 saturated carbocycles. The fourth-order valence-corrected chi connectivity index (χ4v) is 3.17. The molecule has 0 radical (unpaired) electrons. The number of carbonyl (C=O) groups is 1. The third-order valence-corrected chi connectivity index (χ3v) is 4.67. The Balaban J connectivity index is 1.89. The maximum atomic E-state index is 12.1. The summed E-state index contributed by atoms with van der Waals surface area (Å²) < 4.78 is 0.749. The van der Waals surface area contributed by atoms with Gasteiger partial charge in [0.05, 0.1) is 10.4 Å². The zero-order chi connectivity index (χ0) is 14.5. The highest BCUT2D eigenvalue weighted by molar-refractivity contribution is 7.16. The van der Waals surface area contributed by atoms with Crippen LogP contribution in [0.5, 0.6) is 0 Å². The number of nitrogens with one attached hydrogen (secondary N) is 1. The van der Waals surface area contributed by atoms with Crippen LogP contribution in [0.4, 0.5) is 0 Å². The highest BCUT2D eigenvalue weighted by Crippen LogP contribution is 2.27. The quantitative estimate of drug-likeness (QED) is 0.846. The van der Waals surface area contributed by atoms with E-state index >= 15 is 0 Å². The summed E-state index contributed by atoms with van der Waals surface area (Å²) in [6.07, 6.45) is 0.494. The zero-order valence-electron chi connectivity index (χ0n) is 11.6. The van der Waals surface area contributed by atoms with Gasteiger partial charge in [0, 0.05) is 11.3 Å². The van der Waals surface area contributed by atoms with Gasteiger partial charge in [-0.2, -0.15) is 0 Å². The number of thiophene rings is 1. The molecule has 1 N–H and O–H groups in total. The van der Waals surface area contributed by atoms with Gasteiger partial charge in [0.15, 0.2) is 0 Å². The molecule has 106 valence electrons. The first kappa shape index (κ1) is 15.1. The molecule has 0 bridgehead atoms. The van der Waals surface area contributed by atoms with Crippen LogP contribution in [0.2, 0.25) is 4.34 Å². The molecule has 2 aromatic rings. The van der Waals surface area contributed by atoms with Crippen molar-refractivity contribution >= 4 is 28.8 Å². The first-order chi connectivity index (χ1) is 9.56. The molecule has 4 heteroatoms. The van der Waals surface area contributed by atoms with Crippen LogP contribution >= 0.6 is 22.9 Å². The topological polar surface area (TPSA) is 29.1 Å². The standard InChI is InChI=1S/C16H18ClNOS/c1-11(13-6-4-3-5-7-13)10-16(19)18-12(2)14-8-9-15(17)20-14/h3-9,11-12H,10H2,1-2H3,(H,18,19). The van der Waals surface area contributed by atoms with Crippen LogP contribution in [0.1, 0.15) is 42.7 Å². The molecule has 1 amide bonds. The summed E-state index contributed by atoms with van der Waals surface area (Å²) >= 11 is 7.42. The number of rotatable bonds is 5. The van der Waals surface area contributed by atoms with Crippen molar-refractivity contribution in [2.24, 2.45) is 0 Å². The number of carbonyl (C=O) groups excluding carboxylic acids is 1. The SMILES string of the molecule is CC(CC(=O)NC(C)c1ccc(Cl)s1)c1ccccc1. The van der Waals surface area contributed by atoms with Crippen LogP contribution in [0, 0.1) is 0 Å². The summed E-state index contributed by atoms with van der Waals surface area (Å²) in [5, 5.41) is 3.02. The van der Waals surface area contributed by atoms with Gasteiger partial charge in [-0.25, -0.2) is 0 Å². The molecule has 2 rings (SSSR count). The van der Waals surface area contributed by atoms with Gasteiger partial charge in [-0.3, -0.25) is 4.79 Å². The maximum absolute atomic E-state index is 12.1. The Morgan fingerprint density at radius 3 is 2.50 bits per heavy atom. The molecular weight excluding hydrogens is 290 g/mol. The molecule has 0 aliphatic carbocycles. The lowest BCUT2D eigenvalue weighted by molar-refractivity contribution is -0.122. The molecule has 0 saturated heterocycles. The fourth-order valence-electron chi connectivity index (χ4n) is 2.11. The minimum atomic E-state index is 0.00275. The van der Waals surface area contributed by atoms with Crippen LogP contribution in [0.15, 0.2) is 42.5 Å². The van der Waals surface area contributed by atoms with Gasteiger partial charge in [-0.1, -0.05) is 48.9 Å². The molecule has 1 aromatic carbocycles. The van der Waals surface area contributed by atoms with Crippen molar-refractivity contribution in [3.63, 3.8) is 0 Å². The Morgan fingerprint density at radius 2 is 1.90 bits per heavy atom. The summed E-state index contributed by atoms with van der Waals surface area (Å²) in [5.41, 5.74) is 1.19. The monoisotopic (exact) mass is 307 g/mol. The van der Waals surface area contributed by atoms with Crippen LogP contribution < -0.4 is 5.32 Å². The minimum Gasteiger partial charge on any atom is -0.349 e. The van der Waals surface area contributed by atoms with Crippen molar-refractivity contribution in [1.29, 1.82) is 0 Å². The van der Waals surface area contributed by atoms with Crippen LogP contribution in [-0.2, 0) is 4.79 Å². The van der Waals surface area contributed by atoms with Crippen molar-refractivity contribution in [3.8, 4) is 0 Å². The number of hydrogen-bond acceptors (Lipinski definition) is 2. The van der Waals surface area contributed by atoms with E-state index in [0.29, 0.717) is 6.42 Å². The molecule has 0 aliphatic heterocycles. The van der Waals surface area contributed by atoms with Gasteiger partial charge in [0.2, 0.25) is 5.91 Å². The van der Waals surface area contributed by atoms with E-state index < -0.39 is 0 Å². The number of halogens is 1. The molecule has 0 fully saturated rings. The number of hydrogen-bond donors (Lipinski definition) is 1. The Hall–Kier alpha value is -1.32. The van der Waals surface area contributed by atoms with Crippen molar-refractivity contribution in [3.05, 3.63) is 57.2 Å². The first-order valence-electron chi connectivity index (χ1n) is 6.66. The van der Waals surface area contributed by atoms with E-state index in [1.165, 1.54) is 16.9 Å². The summed E-state index contributed by atoms with van der Waals surface area (Å²) in [4.78, 5) is 13.2. The second kappa shape index (κ2) is 6.91. The second-order valence-corrected chi connectivity index (χ2v) is 6.69. The summed E-state index contributed by atoms with van der Waals surface area (Å²) in [7, 11) is 0. The van der Waals surface area contributed by atoms with Gasteiger partial charge in [-0.05, 0) is 30.5 Å². The van der Waals surface area contributed by atoms with E-state index in [-0.39, 0.29) is 17.9 Å². The smallest absolute Gasteiger partial charge is 0.221 e. The van der Waals surface area contributed by atoms with Gasteiger partial charge in [-0.15, -0.1) is 11.3 Å². The third kappa shape index (κ3) is 4.09. The minimum absolute atomic E-state index is 0.00275. The fraction of sp³-hybridized carbons (Fsp3) is 0.312. The molecule has 1 aromatic heterocycles. The summed E-state index contributed by atoms with van der Waals surface area (Å²) in [5.74, 6) is 0.286. The lowest BCUT2D eigenvalue weighted by Crippen LogP contribution is -2.27. The van der Waals surface area contributed by atoms with Gasteiger partial charge < -0.3 is 5.32 Å². The van der Waals surface area contributed by atoms with E-state index in [2.05, 4.69) is 24.4 Å². The lowest BCUT2D eigenvalue weighted by atomic mass is 9.97. The maximum Gasteiger partial charge on any atom is 0.221 e. The highest BCUT2D eigenvalue weighted by atomic mass is 35.5. The van der Waals surface area contributed by atoms with E-state index in [4.69, 9.17) is 11.6 Å². The number of amides is 1. The molecule has 0 spiro atoms. The average Bonchev–Trinajstić information content (AvgIpc) is 2.86. The normalized spacial score (nSPS) is 13.8. The van der Waals surface area contributed by atoms with Crippen molar-refractivity contribution in [2.45, 2.75) is 32.2 Å². The Labute approximate surface area is 128 Å². The molecule has 2 unspecified atom stereocenters. The van der Waals surface area contributed by atoms with Gasteiger partial charge in [0.25, 0.3) is 0 Å². The molecule has 2 atom stereocenters. The van der Waals surface area contributed by atoms with E-state index in [1.807, 2.05) is 37.3 Å². The van der Waals surface area contributed by atoms with E-state index in [1.54, 1.807) is 0 Å². The van der Waals surface area contributed by atoms with Crippen LogP contribution in [0.3, 0.4) is 0 Å². The summed E-state index contributed by atoms with van der Waals surface area (Å²) in [6, 6.07) is 13.9. The molecule has 0 aliphatic rings. The Kier molecular flexibility index (Phi) is 5.21. The Bertz CT molecular complexity index is 567. The second-order valence-electron chi connectivity index (χ2n) is 4.95. The summed E-state index contributed by atoms with van der Waals surface area (Å²) in [6.45, 7) is 4.05. The van der Waals surface area contributed by atoms with Crippen molar-refractivity contribution in [2.75, 3.05) is 0 Å². The predicted molar refractivity (Wildman–Crippen MR) is 85.4 cm³/mol. The highest BCUT2D eigenvalue weighted by Gasteiger charge is 2.15. The zero-order valence-corrected chi connectivity index (χ0v) is 13.2. The largest absolute Gasteiger partial charge is 0.349 e. The van der Waals surface area contributed by atoms with Crippen LogP contribution in [-0.4, -0.2) is 5.91 Å². The number of benzene rings is 1. The predicted octanol–water partition coefficient (Wildman–Crippen LogP) is 4.77. The third-order valence-electron chi connectivity index (χ3n) is 3.26. The molecule has 2 nitrogen and oxygen atoms in total. The average molecular weight is 308 g/mol. The van der Waals surface area contributed by atoms with E-state index in [9.17, 15) is 4.79 Å².